The van der Waals surface area contributed by atoms with Gasteiger partial charge in [-0.15, -0.1) is 0 Å². The van der Waals surface area contributed by atoms with E-state index in [1.165, 1.54) is 42.4 Å². The van der Waals surface area contributed by atoms with Crippen molar-refractivity contribution in [2.24, 2.45) is 17.6 Å². The summed E-state index contributed by atoms with van der Waals surface area (Å²) in [7, 11) is 0. The lowest BCUT2D eigenvalue weighted by Gasteiger charge is -2.15. The van der Waals surface area contributed by atoms with Gasteiger partial charge in [-0.2, -0.15) is 0 Å². The maximum Gasteiger partial charge on any atom is 0.267 e. The maximum atomic E-state index is 12.7. The lowest BCUT2D eigenvalue weighted by molar-refractivity contribution is 0.0943. The molecule has 2 fully saturated rings. The van der Waals surface area contributed by atoms with E-state index in [0.717, 1.165) is 35.6 Å². The van der Waals surface area contributed by atoms with E-state index in [0.29, 0.717) is 24.2 Å². The van der Waals surface area contributed by atoms with Crippen molar-refractivity contribution in [2.75, 3.05) is 6.54 Å². The Morgan fingerprint density at radius 2 is 1.77 bits per heavy atom. The zero-order chi connectivity index (χ0) is 21.4. The molecule has 2 aliphatic rings. The van der Waals surface area contributed by atoms with Gasteiger partial charge in [0.15, 0.2) is 0 Å². The SMILES string of the molecule is C[C@@H](CCC(N)C1CC1)CNC(=O)c1cc2ccc(-c3ccc(C4CC4)cc3)cc2[nH]1. The van der Waals surface area contributed by atoms with Gasteiger partial charge in [0.25, 0.3) is 5.91 Å². The Balaban J connectivity index is 1.20. The fourth-order valence-corrected chi connectivity index (χ4v) is 4.49. The minimum absolute atomic E-state index is 0.0372. The summed E-state index contributed by atoms with van der Waals surface area (Å²) in [6.07, 6.45) is 7.35. The largest absolute Gasteiger partial charge is 0.351 e. The second kappa shape index (κ2) is 8.51. The molecule has 2 aromatic carbocycles. The van der Waals surface area contributed by atoms with Crippen LogP contribution in [0.15, 0.2) is 48.5 Å². The van der Waals surface area contributed by atoms with E-state index in [1.807, 2.05) is 6.07 Å². The molecule has 1 unspecified atom stereocenters. The van der Waals surface area contributed by atoms with Gasteiger partial charge in [0, 0.05) is 23.5 Å². The number of nitrogens with two attached hydrogens (primary N) is 1. The summed E-state index contributed by atoms with van der Waals surface area (Å²) in [5.41, 5.74) is 11.7. The molecule has 5 rings (SSSR count). The highest BCUT2D eigenvalue weighted by Crippen LogP contribution is 2.40. The van der Waals surface area contributed by atoms with Gasteiger partial charge >= 0.3 is 0 Å². The van der Waals surface area contributed by atoms with Crippen molar-refractivity contribution in [1.29, 1.82) is 0 Å². The molecule has 0 saturated heterocycles. The number of aromatic nitrogens is 1. The Hall–Kier alpha value is -2.59. The molecule has 4 nitrogen and oxygen atoms in total. The third kappa shape index (κ3) is 4.85. The number of hydrogen-bond donors (Lipinski definition) is 3. The summed E-state index contributed by atoms with van der Waals surface area (Å²) < 4.78 is 0. The molecule has 1 heterocycles. The molecule has 0 aliphatic heterocycles. The van der Waals surface area contributed by atoms with Crippen LogP contribution in [0.5, 0.6) is 0 Å². The molecule has 2 aliphatic carbocycles. The van der Waals surface area contributed by atoms with E-state index in [4.69, 9.17) is 5.73 Å². The normalized spacial score (nSPS) is 18.1. The molecule has 1 aromatic heterocycles. The number of fused-ring (bicyclic) bond motifs is 1. The molecule has 31 heavy (non-hydrogen) atoms. The van der Waals surface area contributed by atoms with E-state index in [1.54, 1.807) is 0 Å². The van der Waals surface area contributed by atoms with Gasteiger partial charge in [-0.25, -0.2) is 0 Å². The smallest absolute Gasteiger partial charge is 0.267 e. The van der Waals surface area contributed by atoms with Crippen LogP contribution in [0.3, 0.4) is 0 Å². The van der Waals surface area contributed by atoms with Crippen LogP contribution in [0.1, 0.15) is 67.4 Å². The second-order valence-corrected chi connectivity index (χ2v) is 9.78. The average Bonchev–Trinajstić information content (AvgIpc) is 3.71. The van der Waals surface area contributed by atoms with Gasteiger partial charge in [0.05, 0.1) is 0 Å². The Labute approximate surface area is 184 Å². The van der Waals surface area contributed by atoms with Crippen molar-refractivity contribution in [3.63, 3.8) is 0 Å². The zero-order valence-corrected chi connectivity index (χ0v) is 18.4. The van der Waals surface area contributed by atoms with Crippen molar-refractivity contribution in [3.8, 4) is 11.1 Å². The molecule has 2 saturated carbocycles. The first-order chi connectivity index (χ1) is 15.1. The fourth-order valence-electron chi connectivity index (χ4n) is 4.49. The standard InChI is InChI=1S/C27H33N3O/c1-17(2-13-24(28)21-9-10-21)16-29-27(31)26-15-23-12-11-22(14-25(23)30-26)20-7-5-19(6-8-20)18-3-4-18/h5-8,11-12,14-15,17-18,21,24,30H,2-4,9-10,13,16,28H2,1H3,(H,29,31)/t17-,24?/m0/s1. The summed E-state index contributed by atoms with van der Waals surface area (Å²) in [6, 6.07) is 17.6. The van der Waals surface area contributed by atoms with Gasteiger partial charge < -0.3 is 16.0 Å². The molecule has 3 aromatic rings. The Bertz CT molecular complexity index is 1060. The molecule has 0 radical (unpaired) electrons. The highest BCUT2D eigenvalue weighted by atomic mass is 16.1. The lowest BCUT2D eigenvalue weighted by atomic mass is 9.99. The number of carbonyl (C=O) groups excluding carboxylic acids is 1. The van der Waals surface area contributed by atoms with Crippen LogP contribution < -0.4 is 11.1 Å². The van der Waals surface area contributed by atoms with Crippen LogP contribution in [-0.2, 0) is 0 Å². The third-order valence-corrected chi connectivity index (χ3v) is 6.99. The third-order valence-electron chi connectivity index (χ3n) is 6.99. The molecule has 2 atom stereocenters. The molecule has 4 N–H and O–H groups in total. The van der Waals surface area contributed by atoms with Gasteiger partial charge in [-0.05, 0) is 85.1 Å². The van der Waals surface area contributed by atoms with Crippen LogP contribution in [0.2, 0.25) is 0 Å². The van der Waals surface area contributed by atoms with Crippen molar-refractivity contribution in [1.82, 2.24) is 10.3 Å². The Kier molecular flexibility index (Phi) is 5.58. The minimum Gasteiger partial charge on any atom is -0.351 e. The van der Waals surface area contributed by atoms with E-state index in [2.05, 4.69) is 59.7 Å². The first kappa shape index (κ1) is 20.3. The van der Waals surface area contributed by atoms with Crippen molar-refractivity contribution in [3.05, 3.63) is 59.8 Å². The van der Waals surface area contributed by atoms with E-state index in [9.17, 15) is 4.79 Å². The fraction of sp³-hybridized carbons (Fsp3) is 0.444. The number of hydrogen-bond acceptors (Lipinski definition) is 2. The first-order valence-electron chi connectivity index (χ1n) is 11.8. The molecular formula is C27H33N3O. The summed E-state index contributed by atoms with van der Waals surface area (Å²) in [5, 5.41) is 4.15. The quantitative estimate of drug-likeness (QED) is 0.426. The number of amides is 1. The van der Waals surface area contributed by atoms with Crippen LogP contribution >= 0.6 is 0 Å². The Morgan fingerprint density at radius 3 is 2.48 bits per heavy atom. The van der Waals surface area contributed by atoms with Crippen LogP contribution in [0.4, 0.5) is 0 Å². The number of rotatable bonds is 9. The van der Waals surface area contributed by atoms with Gasteiger partial charge in [0.2, 0.25) is 0 Å². The highest BCUT2D eigenvalue weighted by Gasteiger charge is 2.28. The highest BCUT2D eigenvalue weighted by molar-refractivity contribution is 5.98. The molecule has 0 spiro atoms. The van der Waals surface area contributed by atoms with E-state index in [-0.39, 0.29) is 5.91 Å². The lowest BCUT2D eigenvalue weighted by Crippen LogP contribution is -2.30. The number of aromatic amines is 1. The zero-order valence-electron chi connectivity index (χ0n) is 18.4. The van der Waals surface area contributed by atoms with Crippen LogP contribution in [0, 0.1) is 11.8 Å². The van der Waals surface area contributed by atoms with E-state index >= 15 is 0 Å². The van der Waals surface area contributed by atoms with Crippen LogP contribution in [0.25, 0.3) is 22.0 Å². The molecule has 162 valence electrons. The second-order valence-electron chi connectivity index (χ2n) is 9.78. The predicted octanol–water partition coefficient (Wildman–Crippen LogP) is 5.60. The minimum atomic E-state index is -0.0372. The molecule has 4 heteroatoms. The monoisotopic (exact) mass is 415 g/mol. The van der Waals surface area contributed by atoms with Crippen molar-refractivity contribution >= 4 is 16.8 Å². The maximum absolute atomic E-state index is 12.7. The number of nitrogens with one attached hydrogen (secondary N) is 2. The number of carbonyl (C=O) groups is 1. The van der Waals surface area contributed by atoms with E-state index < -0.39 is 0 Å². The molecule has 1 amide bonds. The number of H-pyrrole nitrogens is 1. The van der Waals surface area contributed by atoms with Gasteiger partial charge in [-0.1, -0.05) is 43.3 Å². The van der Waals surface area contributed by atoms with Gasteiger partial charge in [-0.3, -0.25) is 4.79 Å². The summed E-state index contributed by atoms with van der Waals surface area (Å²) in [6.45, 7) is 2.87. The summed E-state index contributed by atoms with van der Waals surface area (Å²) >= 11 is 0. The molecular weight excluding hydrogens is 382 g/mol. The first-order valence-corrected chi connectivity index (χ1v) is 11.8. The number of benzene rings is 2. The summed E-state index contributed by atoms with van der Waals surface area (Å²) in [5.74, 6) is 1.92. The average molecular weight is 416 g/mol. The van der Waals surface area contributed by atoms with Crippen molar-refractivity contribution in [2.45, 2.75) is 57.4 Å². The van der Waals surface area contributed by atoms with Crippen LogP contribution in [-0.4, -0.2) is 23.5 Å². The van der Waals surface area contributed by atoms with Gasteiger partial charge in [0.1, 0.15) is 5.69 Å². The predicted molar refractivity (Wildman–Crippen MR) is 127 cm³/mol. The summed E-state index contributed by atoms with van der Waals surface area (Å²) in [4.78, 5) is 16.0. The Morgan fingerprint density at radius 1 is 1.03 bits per heavy atom. The molecule has 0 bridgehead atoms. The topological polar surface area (TPSA) is 70.9 Å². The van der Waals surface area contributed by atoms with Crippen molar-refractivity contribution < 1.29 is 4.79 Å².